The van der Waals surface area contributed by atoms with Crippen molar-refractivity contribution in [3.05, 3.63) is 28.8 Å². The molecule has 0 aliphatic rings. The van der Waals surface area contributed by atoms with Gasteiger partial charge in [0.1, 0.15) is 12.4 Å². The molecule has 1 rings (SSSR count). The average molecular weight is 244 g/mol. The maximum absolute atomic E-state index is 6.08. The van der Waals surface area contributed by atoms with Gasteiger partial charge in [0.2, 0.25) is 0 Å². The third-order valence-electron chi connectivity index (χ3n) is 2.07. The van der Waals surface area contributed by atoms with Crippen LogP contribution in [0.25, 0.3) is 0 Å². The van der Waals surface area contributed by atoms with E-state index >= 15 is 0 Å². The molecule has 0 unspecified atom stereocenters. The van der Waals surface area contributed by atoms with Gasteiger partial charge in [-0.2, -0.15) is 0 Å². The number of hydrogen-bond donors (Lipinski definition) is 1. The van der Waals surface area contributed by atoms with Gasteiger partial charge in [0.15, 0.2) is 0 Å². The minimum Gasteiger partial charge on any atom is -0.490 e. The standard InChI is InChI=1S/C12H18ClNO2/c1-3-15-6-7-16-12-5-4-10(9-14-2)8-11(12)13/h4-5,8,14H,3,6-7,9H2,1-2H3. The van der Waals surface area contributed by atoms with Crippen LogP contribution < -0.4 is 10.1 Å². The molecular weight excluding hydrogens is 226 g/mol. The quantitative estimate of drug-likeness (QED) is 0.747. The van der Waals surface area contributed by atoms with Crippen molar-refractivity contribution >= 4 is 11.6 Å². The van der Waals surface area contributed by atoms with Gasteiger partial charge in [0.25, 0.3) is 0 Å². The van der Waals surface area contributed by atoms with Gasteiger partial charge >= 0.3 is 0 Å². The van der Waals surface area contributed by atoms with E-state index in [9.17, 15) is 0 Å². The summed E-state index contributed by atoms with van der Waals surface area (Å²) in [5.74, 6) is 0.709. The molecule has 0 saturated carbocycles. The molecule has 1 aromatic rings. The lowest BCUT2D eigenvalue weighted by Crippen LogP contribution is -2.07. The molecule has 0 aromatic heterocycles. The molecule has 16 heavy (non-hydrogen) atoms. The first kappa shape index (κ1) is 13.3. The van der Waals surface area contributed by atoms with Gasteiger partial charge in [-0.05, 0) is 31.7 Å². The molecule has 0 saturated heterocycles. The first-order valence-electron chi connectivity index (χ1n) is 5.41. The molecule has 0 amide bonds. The van der Waals surface area contributed by atoms with E-state index in [1.54, 1.807) is 0 Å². The van der Waals surface area contributed by atoms with Crippen LogP contribution in [0.5, 0.6) is 5.75 Å². The molecule has 1 aromatic carbocycles. The third-order valence-corrected chi connectivity index (χ3v) is 2.36. The minimum absolute atomic E-state index is 0.527. The summed E-state index contributed by atoms with van der Waals surface area (Å²) in [6.07, 6.45) is 0. The second-order valence-electron chi connectivity index (χ2n) is 3.34. The number of nitrogens with one attached hydrogen (secondary N) is 1. The van der Waals surface area contributed by atoms with Gasteiger partial charge < -0.3 is 14.8 Å². The van der Waals surface area contributed by atoms with Crippen molar-refractivity contribution in [2.24, 2.45) is 0 Å². The van der Waals surface area contributed by atoms with Crippen molar-refractivity contribution in [2.45, 2.75) is 13.5 Å². The summed E-state index contributed by atoms with van der Waals surface area (Å²) in [5, 5.41) is 3.71. The molecule has 0 bridgehead atoms. The van der Waals surface area contributed by atoms with E-state index in [0.29, 0.717) is 30.6 Å². The average Bonchev–Trinajstić information content (AvgIpc) is 2.27. The predicted octanol–water partition coefficient (Wildman–Crippen LogP) is 2.47. The summed E-state index contributed by atoms with van der Waals surface area (Å²) in [4.78, 5) is 0. The number of halogens is 1. The van der Waals surface area contributed by atoms with Crippen molar-refractivity contribution in [1.29, 1.82) is 0 Å². The third kappa shape index (κ3) is 4.39. The second kappa shape index (κ2) is 7.49. The largest absolute Gasteiger partial charge is 0.490 e. The van der Waals surface area contributed by atoms with Crippen molar-refractivity contribution in [1.82, 2.24) is 5.32 Å². The molecule has 0 radical (unpaired) electrons. The van der Waals surface area contributed by atoms with E-state index in [1.165, 1.54) is 0 Å². The molecule has 4 heteroatoms. The first-order valence-corrected chi connectivity index (χ1v) is 5.79. The first-order chi connectivity index (χ1) is 7.77. The van der Waals surface area contributed by atoms with Crippen LogP contribution in [-0.4, -0.2) is 26.9 Å². The van der Waals surface area contributed by atoms with Gasteiger partial charge in [-0.3, -0.25) is 0 Å². The van der Waals surface area contributed by atoms with Crippen LogP contribution in [0.4, 0.5) is 0 Å². The summed E-state index contributed by atoms with van der Waals surface area (Å²) < 4.78 is 10.7. The molecule has 0 atom stereocenters. The van der Waals surface area contributed by atoms with E-state index < -0.39 is 0 Å². The molecule has 3 nitrogen and oxygen atoms in total. The fraction of sp³-hybridized carbons (Fsp3) is 0.500. The normalized spacial score (nSPS) is 10.4. The van der Waals surface area contributed by atoms with Crippen LogP contribution in [0, 0.1) is 0 Å². The number of hydrogen-bond acceptors (Lipinski definition) is 3. The fourth-order valence-corrected chi connectivity index (χ4v) is 1.59. The van der Waals surface area contributed by atoms with E-state index in [-0.39, 0.29) is 0 Å². The molecular formula is C12H18ClNO2. The lowest BCUT2D eigenvalue weighted by Gasteiger charge is -2.09. The van der Waals surface area contributed by atoms with E-state index in [4.69, 9.17) is 21.1 Å². The highest BCUT2D eigenvalue weighted by Crippen LogP contribution is 2.25. The smallest absolute Gasteiger partial charge is 0.138 e. The van der Waals surface area contributed by atoms with Crippen molar-refractivity contribution < 1.29 is 9.47 Å². The molecule has 0 spiro atoms. The Morgan fingerprint density at radius 2 is 2.12 bits per heavy atom. The summed E-state index contributed by atoms with van der Waals surface area (Å²) in [6.45, 7) is 4.58. The van der Waals surface area contributed by atoms with Crippen molar-refractivity contribution in [3.63, 3.8) is 0 Å². The van der Waals surface area contributed by atoms with Gasteiger partial charge in [-0.1, -0.05) is 17.7 Å². The van der Waals surface area contributed by atoms with Crippen LogP contribution >= 0.6 is 11.6 Å². The molecule has 90 valence electrons. The number of ether oxygens (including phenoxy) is 2. The molecule has 1 N–H and O–H groups in total. The van der Waals surface area contributed by atoms with Crippen LogP contribution in [0.3, 0.4) is 0 Å². The number of rotatable bonds is 7. The highest BCUT2D eigenvalue weighted by molar-refractivity contribution is 6.32. The molecule has 0 fully saturated rings. The van der Waals surface area contributed by atoms with E-state index in [0.717, 1.165) is 12.1 Å². The van der Waals surface area contributed by atoms with E-state index in [2.05, 4.69) is 5.32 Å². The zero-order valence-corrected chi connectivity index (χ0v) is 10.5. The zero-order chi connectivity index (χ0) is 11.8. The molecule has 0 aliphatic carbocycles. The molecule has 0 heterocycles. The van der Waals surface area contributed by atoms with Crippen LogP contribution in [0.2, 0.25) is 5.02 Å². The van der Waals surface area contributed by atoms with Crippen molar-refractivity contribution in [3.8, 4) is 5.75 Å². The van der Waals surface area contributed by atoms with Crippen LogP contribution in [0.15, 0.2) is 18.2 Å². The minimum atomic E-state index is 0.527. The zero-order valence-electron chi connectivity index (χ0n) is 9.75. The highest BCUT2D eigenvalue weighted by Gasteiger charge is 2.02. The van der Waals surface area contributed by atoms with E-state index in [1.807, 2.05) is 32.2 Å². The second-order valence-corrected chi connectivity index (χ2v) is 3.75. The monoisotopic (exact) mass is 243 g/mol. The Bertz CT molecular complexity index is 318. The lowest BCUT2D eigenvalue weighted by molar-refractivity contribution is 0.110. The maximum atomic E-state index is 6.08. The molecule has 0 aliphatic heterocycles. The highest BCUT2D eigenvalue weighted by atomic mass is 35.5. The van der Waals surface area contributed by atoms with Gasteiger partial charge in [-0.15, -0.1) is 0 Å². The Balaban J connectivity index is 2.47. The Morgan fingerprint density at radius 3 is 2.75 bits per heavy atom. The Morgan fingerprint density at radius 1 is 1.31 bits per heavy atom. The summed E-state index contributed by atoms with van der Waals surface area (Å²) >= 11 is 6.08. The Kier molecular flexibility index (Phi) is 6.23. The Hall–Kier alpha value is -0.770. The summed E-state index contributed by atoms with van der Waals surface area (Å²) in [6, 6.07) is 5.80. The van der Waals surface area contributed by atoms with Crippen LogP contribution in [0.1, 0.15) is 12.5 Å². The maximum Gasteiger partial charge on any atom is 0.138 e. The van der Waals surface area contributed by atoms with Crippen molar-refractivity contribution in [2.75, 3.05) is 26.9 Å². The SMILES string of the molecule is CCOCCOc1ccc(CNC)cc1Cl. The van der Waals surface area contributed by atoms with Crippen LogP contribution in [-0.2, 0) is 11.3 Å². The van der Waals surface area contributed by atoms with Gasteiger partial charge in [-0.25, -0.2) is 0 Å². The number of benzene rings is 1. The van der Waals surface area contributed by atoms with Gasteiger partial charge in [0, 0.05) is 13.2 Å². The summed E-state index contributed by atoms with van der Waals surface area (Å²) in [5.41, 5.74) is 1.14. The lowest BCUT2D eigenvalue weighted by atomic mass is 10.2. The predicted molar refractivity (Wildman–Crippen MR) is 66.2 cm³/mol. The summed E-state index contributed by atoms with van der Waals surface area (Å²) in [7, 11) is 1.90. The van der Waals surface area contributed by atoms with Gasteiger partial charge in [0.05, 0.1) is 11.6 Å². The topological polar surface area (TPSA) is 30.5 Å². The Labute approximate surface area is 102 Å². The fourth-order valence-electron chi connectivity index (χ4n) is 1.33.